The van der Waals surface area contributed by atoms with E-state index in [0.717, 1.165) is 5.56 Å². The second-order valence-electron chi connectivity index (χ2n) is 2.91. The number of aliphatic hydroxyl groups excluding tert-OH is 1. The predicted octanol–water partition coefficient (Wildman–Crippen LogP) is 1.04. The van der Waals surface area contributed by atoms with Gasteiger partial charge in [-0.3, -0.25) is 0 Å². The summed E-state index contributed by atoms with van der Waals surface area (Å²) in [7, 11) is 1.81. The number of hydrogen-bond donors (Lipinski definition) is 3. The lowest BCUT2D eigenvalue weighted by Crippen LogP contribution is -2.17. The molecule has 0 saturated carbocycles. The van der Waals surface area contributed by atoms with Crippen LogP contribution >= 0.6 is 0 Å². The molecule has 72 valence electrons. The Bertz CT molecular complexity index is 263. The largest absolute Gasteiger partial charge is 0.508 e. The standard InChI is InChI=1S/C10H15NO2/c1-11-9(6-7-12)8-4-2-3-5-10(8)13/h2-5,9,11-13H,6-7H2,1H3. The summed E-state index contributed by atoms with van der Waals surface area (Å²) >= 11 is 0. The number of hydrogen-bond acceptors (Lipinski definition) is 3. The van der Waals surface area contributed by atoms with Crippen molar-refractivity contribution in [2.45, 2.75) is 12.5 Å². The van der Waals surface area contributed by atoms with Gasteiger partial charge in [0.25, 0.3) is 0 Å². The number of rotatable bonds is 4. The number of aromatic hydroxyl groups is 1. The molecule has 0 saturated heterocycles. The van der Waals surface area contributed by atoms with Crippen molar-refractivity contribution in [1.29, 1.82) is 0 Å². The Labute approximate surface area is 78.0 Å². The summed E-state index contributed by atoms with van der Waals surface area (Å²) in [5, 5.41) is 21.4. The zero-order valence-electron chi connectivity index (χ0n) is 7.70. The first-order valence-corrected chi connectivity index (χ1v) is 4.35. The normalized spacial score (nSPS) is 12.8. The van der Waals surface area contributed by atoms with Crippen molar-refractivity contribution in [2.75, 3.05) is 13.7 Å². The quantitative estimate of drug-likeness (QED) is 0.650. The molecule has 0 aliphatic rings. The number of phenolic OH excluding ortho intramolecular Hbond substituents is 1. The Morgan fingerprint density at radius 1 is 1.38 bits per heavy atom. The number of nitrogens with one attached hydrogen (secondary N) is 1. The molecule has 1 aromatic rings. The van der Waals surface area contributed by atoms with E-state index in [4.69, 9.17) is 5.11 Å². The van der Waals surface area contributed by atoms with Gasteiger partial charge in [0.15, 0.2) is 0 Å². The van der Waals surface area contributed by atoms with Crippen molar-refractivity contribution >= 4 is 0 Å². The summed E-state index contributed by atoms with van der Waals surface area (Å²) in [4.78, 5) is 0. The van der Waals surface area contributed by atoms with Crippen LogP contribution in [0.3, 0.4) is 0 Å². The van der Waals surface area contributed by atoms with Crippen LogP contribution in [-0.4, -0.2) is 23.9 Å². The van der Waals surface area contributed by atoms with Crippen molar-refractivity contribution in [2.24, 2.45) is 0 Å². The van der Waals surface area contributed by atoms with Crippen molar-refractivity contribution in [3.8, 4) is 5.75 Å². The van der Waals surface area contributed by atoms with E-state index >= 15 is 0 Å². The highest BCUT2D eigenvalue weighted by atomic mass is 16.3. The highest BCUT2D eigenvalue weighted by Crippen LogP contribution is 2.25. The molecule has 1 unspecified atom stereocenters. The second kappa shape index (κ2) is 4.84. The molecule has 3 nitrogen and oxygen atoms in total. The molecule has 0 amide bonds. The number of aliphatic hydroxyl groups is 1. The lowest BCUT2D eigenvalue weighted by Gasteiger charge is -2.16. The molecule has 13 heavy (non-hydrogen) atoms. The van der Waals surface area contributed by atoms with Crippen LogP contribution in [0, 0.1) is 0 Å². The minimum absolute atomic E-state index is 0.0196. The SMILES string of the molecule is CNC(CCO)c1ccccc1O. The Kier molecular flexibility index (Phi) is 3.73. The third-order valence-electron chi connectivity index (χ3n) is 2.08. The lowest BCUT2D eigenvalue weighted by atomic mass is 10.0. The first-order valence-electron chi connectivity index (χ1n) is 4.35. The van der Waals surface area contributed by atoms with Gasteiger partial charge >= 0.3 is 0 Å². The van der Waals surface area contributed by atoms with E-state index in [-0.39, 0.29) is 18.4 Å². The van der Waals surface area contributed by atoms with Gasteiger partial charge in [-0.1, -0.05) is 18.2 Å². The zero-order chi connectivity index (χ0) is 9.68. The molecule has 1 aromatic carbocycles. The van der Waals surface area contributed by atoms with Crippen LogP contribution in [0.15, 0.2) is 24.3 Å². The fourth-order valence-corrected chi connectivity index (χ4v) is 1.37. The van der Waals surface area contributed by atoms with E-state index in [1.807, 2.05) is 19.2 Å². The molecule has 1 atom stereocenters. The van der Waals surface area contributed by atoms with Gasteiger partial charge in [0.05, 0.1) is 0 Å². The number of para-hydroxylation sites is 1. The fraction of sp³-hybridized carbons (Fsp3) is 0.400. The predicted molar refractivity (Wildman–Crippen MR) is 51.6 cm³/mol. The number of phenols is 1. The van der Waals surface area contributed by atoms with Crippen LogP contribution in [-0.2, 0) is 0 Å². The van der Waals surface area contributed by atoms with Crippen molar-refractivity contribution in [1.82, 2.24) is 5.32 Å². The van der Waals surface area contributed by atoms with E-state index < -0.39 is 0 Å². The van der Waals surface area contributed by atoms with Gasteiger partial charge in [-0.25, -0.2) is 0 Å². The molecule has 3 heteroatoms. The monoisotopic (exact) mass is 181 g/mol. The minimum Gasteiger partial charge on any atom is -0.508 e. The van der Waals surface area contributed by atoms with Crippen LogP contribution in [0.25, 0.3) is 0 Å². The first kappa shape index (κ1) is 10.0. The van der Waals surface area contributed by atoms with Gasteiger partial charge in [0, 0.05) is 18.2 Å². The Morgan fingerprint density at radius 2 is 2.08 bits per heavy atom. The molecular weight excluding hydrogens is 166 g/mol. The second-order valence-corrected chi connectivity index (χ2v) is 2.91. The minimum atomic E-state index is 0.0196. The molecule has 0 radical (unpaired) electrons. The van der Waals surface area contributed by atoms with Crippen LogP contribution < -0.4 is 5.32 Å². The van der Waals surface area contributed by atoms with Crippen molar-refractivity contribution < 1.29 is 10.2 Å². The van der Waals surface area contributed by atoms with Gasteiger partial charge in [0.2, 0.25) is 0 Å². The molecular formula is C10H15NO2. The average molecular weight is 181 g/mol. The van der Waals surface area contributed by atoms with E-state index in [1.165, 1.54) is 0 Å². The fourth-order valence-electron chi connectivity index (χ4n) is 1.37. The summed E-state index contributed by atoms with van der Waals surface area (Å²) < 4.78 is 0. The lowest BCUT2D eigenvalue weighted by molar-refractivity contribution is 0.267. The molecule has 0 aliphatic heterocycles. The van der Waals surface area contributed by atoms with Crippen molar-refractivity contribution in [3.05, 3.63) is 29.8 Å². The third-order valence-corrected chi connectivity index (χ3v) is 2.08. The summed E-state index contributed by atoms with van der Waals surface area (Å²) in [6.07, 6.45) is 0.605. The third kappa shape index (κ3) is 2.44. The molecule has 0 aliphatic carbocycles. The maximum atomic E-state index is 9.52. The van der Waals surface area contributed by atoms with Gasteiger partial charge < -0.3 is 15.5 Å². The maximum absolute atomic E-state index is 9.52. The molecule has 0 bridgehead atoms. The Hall–Kier alpha value is -1.06. The summed E-state index contributed by atoms with van der Waals surface area (Å²) in [6, 6.07) is 7.18. The van der Waals surface area contributed by atoms with E-state index in [0.29, 0.717) is 6.42 Å². The molecule has 1 rings (SSSR count). The molecule has 0 aromatic heterocycles. The van der Waals surface area contributed by atoms with Crippen LogP contribution in [0.1, 0.15) is 18.0 Å². The first-order chi connectivity index (χ1) is 6.29. The highest BCUT2D eigenvalue weighted by Gasteiger charge is 2.11. The van der Waals surface area contributed by atoms with Crippen LogP contribution in [0.5, 0.6) is 5.75 Å². The molecule has 0 fully saturated rings. The summed E-state index contributed by atoms with van der Waals surface area (Å²) in [5.74, 6) is 0.273. The van der Waals surface area contributed by atoms with E-state index in [1.54, 1.807) is 12.1 Å². The highest BCUT2D eigenvalue weighted by molar-refractivity contribution is 5.34. The van der Waals surface area contributed by atoms with Gasteiger partial charge in [-0.15, -0.1) is 0 Å². The van der Waals surface area contributed by atoms with E-state index in [9.17, 15) is 5.11 Å². The van der Waals surface area contributed by atoms with Gasteiger partial charge in [-0.2, -0.15) is 0 Å². The summed E-state index contributed by atoms with van der Waals surface area (Å²) in [5.41, 5.74) is 0.832. The Balaban J connectivity index is 2.84. The molecule has 0 spiro atoms. The zero-order valence-corrected chi connectivity index (χ0v) is 7.70. The van der Waals surface area contributed by atoms with Gasteiger partial charge in [0.1, 0.15) is 5.75 Å². The maximum Gasteiger partial charge on any atom is 0.120 e. The molecule has 0 heterocycles. The average Bonchev–Trinajstić information content (AvgIpc) is 2.16. The van der Waals surface area contributed by atoms with Crippen molar-refractivity contribution in [3.63, 3.8) is 0 Å². The molecule has 3 N–H and O–H groups in total. The van der Waals surface area contributed by atoms with Crippen LogP contribution in [0.2, 0.25) is 0 Å². The van der Waals surface area contributed by atoms with Gasteiger partial charge in [-0.05, 0) is 19.5 Å². The smallest absolute Gasteiger partial charge is 0.120 e. The van der Waals surface area contributed by atoms with E-state index in [2.05, 4.69) is 5.32 Å². The number of benzene rings is 1. The summed E-state index contributed by atoms with van der Waals surface area (Å²) in [6.45, 7) is 0.111. The van der Waals surface area contributed by atoms with Crippen LogP contribution in [0.4, 0.5) is 0 Å². The topological polar surface area (TPSA) is 52.5 Å². The Morgan fingerprint density at radius 3 is 2.62 bits per heavy atom.